The number of piperidine rings is 1. The SMILES string of the molecule is O=C(Nc1ccc(F)cc1)c1nnc([C@H]2CCCN(C(=O)c3cccs3)C2)s1. The average Bonchev–Trinajstić information content (AvgIpc) is 3.41. The molecule has 0 spiro atoms. The monoisotopic (exact) mass is 416 g/mol. The third kappa shape index (κ3) is 4.10. The van der Waals surface area contributed by atoms with Crippen molar-refractivity contribution in [2.75, 3.05) is 18.4 Å². The number of carbonyl (C=O) groups is 2. The first-order valence-electron chi connectivity index (χ1n) is 8.83. The number of thiophene rings is 1. The molecule has 4 rings (SSSR count). The van der Waals surface area contributed by atoms with Gasteiger partial charge in [0, 0.05) is 24.7 Å². The second-order valence-corrected chi connectivity index (χ2v) is 8.43. The Bertz CT molecular complexity index is 972. The standard InChI is InChI=1S/C19H17FN4O2S2/c20-13-5-7-14(8-6-13)21-16(25)18-23-22-17(28-18)12-3-1-9-24(11-12)19(26)15-4-2-10-27-15/h2,4-8,10,12H,1,3,9,11H2,(H,21,25)/t12-/m0/s1. The number of hydrogen-bond donors (Lipinski definition) is 1. The van der Waals surface area contributed by atoms with Gasteiger partial charge in [-0.2, -0.15) is 0 Å². The van der Waals surface area contributed by atoms with Gasteiger partial charge in [0.1, 0.15) is 10.8 Å². The third-order valence-electron chi connectivity index (χ3n) is 4.53. The van der Waals surface area contributed by atoms with Crippen LogP contribution >= 0.6 is 22.7 Å². The van der Waals surface area contributed by atoms with E-state index >= 15 is 0 Å². The van der Waals surface area contributed by atoms with Gasteiger partial charge in [-0.3, -0.25) is 9.59 Å². The van der Waals surface area contributed by atoms with Gasteiger partial charge in [-0.15, -0.1) is 21.5 Å². The number of benzene rings is 1. The minimum atomic E-state index is -0.377. The summed E-state index contributed by atoms with van der Waals surface area (Å²) in [5.41, 5.74) is 0.494. The molecule has 0 radical (unpaired) electrons. The molecule has 1 aromatic carbocycles. The van der Waals surface area contributed by atoms with Crippen LogP contribution in [0, 0.1) is 5.82 Å². The fourth-order valence-corrected chi connectivity index (χ4v) is 4.68. The molecular weight excluding hydrogens is 399 g/mol. The molecule has 9 heteroatoms. The number of rotatable bonds is 4. The normalized spacial score (nSPS) is 16.8. The Balaban J connectivity index is 1.42. The highest BCUT2D eigenvalue weighted by molar-refractivity contribution is 7.13. The molecule has 0 aliphatic carbocycles. The van der Waals surface area contributed by atoms with Crippen molar-refractivity contribution >= 4 is 40.2 Å². The summed E-state index contributed by atoms with van der Waals surface area (Å²) < 4.78 is 13.0. The zero-order chi connectivity index (χ0) is 19.5. The second-order valence-electron chi connectivity index (χ2n) is 6.47. The largest absolute Gasteiger partial charge is 0.337 e. The van der Waals surface area contributed by atoms with Crippen LogP contribution in [-0.2, 0) is 0 Å². The lowest BCUT2D eigenvalue weighted by atomic mass is 9.98. The zero-order valence-corrected chi connectivity index (χ0v) is 16.4. The van der Waals surface area contributed by atoms with Crippen LogP contribution < -0.4 is 5.32 Å². The van der Waals surface area contributed by atoms with Crippen LogP contribution in [0.15, 0.2) is 41.8 Å². The summed E-state index contributed by atoms with van der Waals surface area (Å²) in [4.78, 5) is 27.5. The third-order valence-corrected chi connectivity index (χ3v) is 6.47. The molecule has 3 heterocycles. The quantitative estimate of drug-likeness (QED) is 0.697. The van der Waals surface area contributed by atoms with Crippen molar-refractivity contribution in [1.29, 1.82) is 0 Å². The van der Waals surface area contributed by atoms with Gasteiger partial charge in [0.05, 0.1) is 4.88 Å². The first-order valence-corrected chi connectivity index (χ1v) is 10.5. The van der Waals surface area contributed by atoms with Crippen molar-refractivity contribution < 1.29 is 14.0 Å². The maximum Gasteiger partial charge on any atom is 0.286 e. The summed E-state index contributed by atoms with van der Waals surface area (Å²) in [6.07, 6.45) is 1.79. The number of amides is 2. The minimum absolute atomic E-state index is 0.0403. The number of carbonyl (C=O) groups excluding carboxylic acids is 2. The van der Waals surface area contributed by atoms with Crippen molar-refractivity contribution in [2.24, 2.45) is 0 Å². The predicted octanol–water partition coefficient (Wildman–Crippen LogP) is 4.01. The van der Waals surface area contributed by atoms with Crippen molar-refractivity contribution in [3.63, 3.8) is 0 Å². The predicted molar refractivity (Wildman–Crippen MR) is 106 cm³/mol. The lowest BCUT2D eigenvalue weighted by molar-refractivity contribution is 0.0711. The van der Waals surface area contributed by atoms with Crippen molar-refractivity contribution in [1.82, 2.24) is 15.1 Å². The summed E-state index contributed by atoms with van der Waals surface area (Å²) in [6.45, 7) is 1.30. The van der Waals surface area contributed by atoms with Crippen LogP contribution in [-0.4, -0.2) is 40.0 Å². The first kappa shape index (κ1) is 18.7. The molecule has 2 aromatic heterocycles. The number of likely N-dealkylation sites (tertiary alicyclic amines) is 1. The maximum absolute atomic E-state index is 13.0. The molecule has 1 aliphatic rings. The molecule has 144 valence electrons. The van der Waals surface area contributed by atoms with E-state index in [9.17, 15) is 14.0 Å². The average molecular weight is 417 g/mol. The lowest BCUT2D eigenvalue weighted by Crippen LogP contribution is -2.38. The molecule has 0 saturated carbocycles. The van der Waals surface area contributed by atoms with Gasteiger partial charge in [0.15, 0.2) is 0 Å². The highest BCUT2D eigenvalue weighted by Crippen LogP contribution is 2.30. The molecule has 0 bridgehead atoms. The number of nitrogens with one attached hydrogen (secondary N) is 1. The Labute approximate surface area is 169 Å². The maximum atomic E-state index is 13.0. The van der Waals surface area contributed by atoms with Gasteiger partial charge in [0.2, 0.25) is 5.01 Å². The molecule has 0 unspecified atom stereocenters. The molecule has 1 aliphatic heterocycles. The van der Waals surface area contributed by atoms with Crippen molar-refractivity contribution in [3.8, 4) is 0 Å². The number of hydrogen-bond acceptors (Lipinski definition) is 6. The number of aromatic nitrogens is 2. The van der Waals surface area contributed by atoms with E-state index in [0.29, 0.717) is 12.2 Å². The summed E-state index contributed by atoms with van der Waals surface area (Å²) in [5.74, 6) is -0.631. The molecular formula is C19H17FN4O2S2. The first-order chi connectivity index (χ1) is 13.6. The highest BCUT2D eigenvalue weighted by atomic mass is 32.1. The van der Waals surface area contributed by atoms with Gasteiger partial charge in [-0.1, -0.05) is 17.4 Å². The molecule has 1 saturated heterocycles. The van der Waals surface area contributed by atoms with E-state index in [0.717, 1.165) is 29.3 Å². The molecule has 28 heavy (non-hydrogen) atoms. The van der Waals surface area contributed by atoms with E-state index in [1.165, 1.54) is 46.9 Å². The van der Waals surface area contributed by atoms with E-state index in [1.54, 1.807) is 0 Å². The van der Waals surface area contributed by atoms with Crippen LogP contribution in [0.3, 0.4) is 0 Å². The molecule has 3 aromatic rings. The molecule has 6 nitrogen and oxygen atoms in total. The number of nitrogens with zero attached hydrogens (tertiary/aromatic N) is 3. The Morgan fingerprint density at radius 3 is 2.75 bits per heavy atom. The Morgan fingerprint density at radius 2 is 2.00 bits per heavy atom. The topological polar surface area (TPSA) is 75.2 Å². The highest BCUT2D eigenvalue weighted by Gasteiger charge is 2.28. The molecule has 1 N–H and O–H groups in total. The van der Waals surface area contributed by atoms with Crippen LogP contribution in [0.5, 0.6) is 0 Å². The van der Waals surface area contributed by atoms with Crippen LogP contribution in [0.2, 0.25) is 0 Å². The van der Waals surface area contributed by atoms with Crippen LogP contribution in [0.25, 0.3) is 0 Å². The molecule has 1 fully saturated rings. The summed E-state index contributed by atoms with van der Waals surface area (Å²) in [5, 5.41) is 13.8. The van der Waals surface area contributed by atoms with Gasteiger partial charge in [-0.05, 0) is 48.6 Å². The lowest BCUT2D eigenvalue weighted by Gasteiger charge is -2.31. The fraction of sp³-hybridized carbons (Fsp3) is 0.263. The minimum Gasteiger partial charge on any atom is -0.337 e. The van der Waals surface area contributed by atoms with Gasteiger partial charge in [0.25, 0.3) is 11.8 Å². The Hall–Kier alpha value is -2.65. The summed E-state index contributed by atoms with van der Waals surface area (Å²) in [6, 6.07) is 9.25. The van der Waals surface area contributed by atoms with Gasteiger partial charge in [-0.25, -0.2) is 4.39 Å². The zero-order valence-electron chi connectivity index (χ0n) is 14.8. The van der Waals surface area contributed by atoms with Crippen LogP contribution in [0.1, 0.15) is 43.2 Å². The number of anilines is 1. The fourth-order valence-electron chi connectivity index (χ4n) is 3.13. The number of halogens is 1. The van der Waals surface area contributed by atoms with E-state index < -0.39 is 0 Å². The summed E-state index contributed by atoms with van der Waals surface area (Å²) >= 11 is 2.68. The molecule has 2 amide bonds. The van der Waals surface area contributed by atoms with Gasteiger partial charge < -0.3 is 10.2 Å². The second kappa shape index (κ2) is 8.15. The summed E-state index contributed by atoms with van der Waals surface area (Å²) in [7, 11) is 0. The molecule has 1 atom stereocenters. The smallest absolute Gasteiger partial charge is 0.286 e. The van der Waals surface area contributed by atoms with Crippen molar-refractivity contribution in [2.45, 2.75) is 18.8 Å². The van der Waals surface area contributed by atoms with E-state index in [2.05, 4.69) is 15.5 Å². The van der Waals surface area contributed by atoms with E-state index in [-0.39, 0.29) is 28.6 Å². The van der Waals surface area contributed by atoms with Gasteiger partial charge >= 0.3 is 0 Å². The van der Waals surface area contributed by atoms with E-state index in [4.69, 9.17) is 0 Å². The van der Waals surface area contributed by atoms with Crippen LogP contribution in [0.4, 0.5) is 10.1 Å². The van der Waals surface area contributed by atoms with Crippen molar-refractivity contribution in [3.05, 3.63) is 62.5 Å². The Kier molecular flexibility index (Phi) is 5.45. The Morgan fingerprint density at radius 1 is 1.18 bits per heavy atom. The van der Waals surface area contributed by atoms with E-state index in [1.807, 2.05) is 22.4 Å².